The monoisotopic (exact) mass is 363 g/mol. The molecule has 0 bridgehead atoms. The fourth-order valence-corrected chi connectivity index (χ4v) is 3.87. The van der Waals surface area contributed by atoms with Crippen LogP contribution in [0.5, 0.6) is 0 Å². The standard InChI is InChI=1S/C19H29N3O4/c1-12(2)21-19(25)20-9-15-17(18(24)16(11-23)26-15)22-8-7-13-5-3-4-6-14(13)10-22/h3-6,12,15-18,23-24H,7-11H2,1-2H3,(H2,20,21,25)/t15-,16-,17-,18+/m0/s1. The number of nitrogens with zero attached hydrogens (tertiary/aromatic N) is 1. The number of fused-ring (bicyclic) bond motifs is 1. The molecule has 7 heteroatoms. The average molecular weight is 363 g/mol. The number of urea groups is 1. The topological polar surface area (TPSA) is 94.1 Å². The highest BCUT2D eigenvalue weighted by Gasteiger charge is 2.46. The highest BCUT2D eigenvalue weighted by Crippen LogP contribution is 2.30. The minimum atomic E-state index is -0.787. The molecular weight excluding hydrogens is 334 g/mol. The Morgan fingerprint density at radius 2 is 2.04 bits per heavy atom. The van der Waals surface area contributed by atoms with Crippen LogP contribution in [0, 0.1) is 0 Å². The Morgan fingerprint density at radius 3 is 2.73 bits per heavy atom. The minimum Gasteiger partial charge on any atom is -0.394 e. The van der Waals surface area contributed by atoms with Gasteiger partial charge in [0.2, 0.25) is 0 Å². The maximum atomic E-state index is 11.9. The van der Waals surface area contributed by atoms with E-state index in [2.05, 4.69) is 27.7 Å². The number of hydrogen-bond acceptors (Lipinski definition) is 5. The SMILES string of the molecule is CC(C)NC(=O)NC[C@@H]1O[C@@H](CO)[C@@H](O)[C@H]1N1CCc2ccccc2C1. The van der Waals surface area contributed by atoms with Crippen LogP contribution >= 0.6 is 0 Å². The molecule has 1 aromatic rings. The Labute approximate surface area is 154 Å². The van der Waals surface area contributed by atoms with Crippen molar-refractivity contribution < 1.29 is 19.7 Å². The van der Waals surface area contributed by atoms with E-state index >= 15 is 0 Å². The molecule has 0 saturated carbocycles. The number of carbonyl (C=O) groups excluding carboxylic acids is 1. The first-order valence-corrected chi connectivity index (χ1v) is 9.29. The number of ether oxygens (including phenoxy) is 1. The molecule has 0 aliphatic carbocycles. The average Bonchev–Trinajstić information content (AvgIpc) is 2.94. The van der Waals surface area contributed by atoms with Crippen molar-refractivity contribution in [2.45, 2.75) is 57.2 Å². The number of carbonyl (C=O) groups is 1. The summed E-state index contributed by atoms with van der Waals surface area (Å²) in [6, 6.07) is 7.84. The zero-order chi connectivity index (χ0) is 18.7. The van der Waals surface area contributed by atoms with Crippen LogP contribution in [-0.2, 0) is 17.7 Å². The molecule has 144 valence electrons. The van der Waals surface area contributed by atoms with Crippen LogP contribution in [0.3, 0.4) is 0 Å². The van der Waals surface area contributed by atoms with Crippen LogP contribution in [0.25, 0.3) is 0 Å². The van der Waals surface area contributed by atoms with Crippen molar-refractivity contribution in [2.24, 2.45) is 0 Å². The van der Waals surface area contributed by atoms with Crippen LogP contribution in [0.1, 0.15) is 25.0 Å². The summed E-state index contributed by atoms with van der Waals surface area (Å²) in [5.41, 5.74) is 2.59. The van der Waals surface area contributed by atoms with Gasteiger partial charge in [0.25, 0.3) is 0 Å². The smallest absolute Gasteiger partial charge is 0.315 e. The van der Waals surface area contributed by atoms with Crippen molar-refractivity contribution in [3.8, 4) is 0 Å². The molecule has 0 unspecified atom stereocenters. The summed E-state index contributed by atoms with van der Waals surface area (Å²) in [5.74, 6) is 0. The van der Waals surface area contributed by atoms with Gasteiger partial charge in [-0.3, -0.25) is 4.90 Å². The normalized spacial score (nSPS) is 28.8. The Kier molecular flexibility index (Phi) is 6.13. The second-order valence-corrected chi connectivity index (χ2v) is 7.37. The molecular formula is C19H29N3O4. The summed E-state index contributed by atoms with van der Waals surface area (Å²) in [5, 5.41) is 25.8. The van der Waals surface area contributed by atoms with Gasteiger partial charge in [0.05, 0.1) is 18.8 Å². The third kappa shape index (κ3) is 4.17. The molecule has 7 nitrogen and oxygen atoms in total. The van der Waals surface area contributed by atoms with E-state index in [1.54, 1.807) is 0 Å². The second-order valence-electron chi connectivity index (χ2n) is 7.37. The number of rotatable bonds is 5. The van der Waals surface area contributed by atoms with Gasteiger partial charge >= 0.3 is 6.03 Å². The van der Waals surface area contributed by atoms with Crippen LogP contribution in [-0.4, -0.2) is 71.2 Å². The van der Waals surface area contributed by atoms with Crippen molar-refractivity contribution in [1.29, 1.82) is 0 Å². The molecule has 1 saturated heterocycles. The van der Waals surface area contributed by atoms with Crippen molar-refractivity contribution in [3.05, 3.63) is 35.4 Å². The van der Waals surface area contributed by atoms with Crippen LogP contribution < -0.4 is 10.6 Å². The summed E-state index contributed by atoms with van der Waals surface area (Å²) >= 11 is 0. The van der Waals surface area contributed by atoms with E-state index in [1.165, 1.54) is 11.1 Å². The van der Waals surface area contributed by atoms with Gasteiger partial charge in [-0.2, -0.15) is 0 Å². The maximum absolute atomic E-state index is 11.9. The van der Waals surface area contributed by atoms with E-state index in [9.17, 15) is 15.0 Å². The minimum absolute atomic E-state index is 0.0460. The summed E-state index contributed by atoms with van der Waals surface area (Å²) < 4.78 is 5.85. The lowest BCUT2D eigenvalue weighted by Crippen LogP contribution is -2.53. The van der Waals surface area contributed by atoms with E-state index < -0.39 is 12.2 Å². The fourth-order valence-electron chi connectivity index (χ4n) is 3.87. The summed E-state index contributed by atoms with van der Waals surface area (Å²) in [6.07, 6.45) is -0.871. The molecule has 0 spiro atoms. The zero-order valence-electron chi connectivity index (χ0n) is 15.4. The van der Waals surface area contributed by atoms with Crippen molar-refractivity contribution in [3.63, 3.8) is 0 Å². The number of hydrogen-bond donors (Lipinski definition) is 4. The van der Waals surface area contributed by atoms with Gasteiger partial charge in [-0.15, -0.1) is 0 Å². The number of aliphatic hydroxyl groups excluding tert-OH is 2. The quantitative estimate of drug-likeness (QED) is 0.601. The van der Waals surface area contributed by atoms with Crippen LogP contribution in [0.4, 0.5) is 4.79 Å². The zero-order valence-corrected chi connectivity index (χ0v) is 15.4. The first-order valence-electron chi connectivity index (χ1n) is 9.29. The Hall–Kier alpha value is -1.67. The molecule has 1 fully saturated rings. The molecule has 26 heavy (non-hydrogen) atoms. The maximum Gasteiger partial charge on any atom is 0.315 e. The fraction of sp³-hybridized carbons (Fsp3) is 0.632. The largest absolute Gasteiger partial charge is 0.394 e. The summed E-state index contributed by atoms with van der Waals surface area (Å²) in [6.45, 7) is 5.38. The van der Waals surface area contributed by atoms with Gasteiger partial charge < -0.3 is 25.6 Å². The van der Waals surface area contributed by atoms with Gasteiger partial charge in [-0.05, 0) is 31.4 Å². The molecule has 4 atom stereocenters. The molecule has 1 aromatic carbocycles. The van der Waals surface area contributed by atoms with Gasteiger partial charge in [-0.25, -0.2) is 4.79 Å². The lowest BCUT2D eigenvalue weighted by Gasteiger charge is -2.37. The number of aliphatic hydroxyl groups is 2. The highest BCUT2D eigenvalue weighted by atomic mass is 16.5. The predicted molar refractivity (Wildman–Crippen MR) is 97.8 cm³/mol. The third-order valence-corrected chi connectivity index (χ3v) is 5.11. The van der Waals surface area contributed by atoms with E-state index in [-0.39, 0.29) is 37.4 Å². The molecule has 3 rings (SSSR count). The van der Waals surface area contributed by atoms with E-state index in [0.717, 1.165) is 19.5 Å². The van der Waals surface area contributed by atoms with E-state index in [4.69, 9.17) is 4.74 Å². The van der Waals surface area contributed by atoms with Crippen molar-refractivity contribution >= 4 is 6.03 Å². The van der Waals surface area contributed by atoms with Crippen LogP contribution in [0.2, 0.25) is 0 Å². The van der Waals surface area contributed by atoms with Crippen molar-refractivity contribution in [2.75, 3.05) is 19.7 Å². The number of benzene rings is 1. The second kappa shape index (κ2) is 8.35. The number of nitrogens with one attached hydrogen (secondary N) is 2. The van der Waals surface area contributed by atoms with E-state index in [1.807, 2.05) is 26.0 Å². The predicted octanol–water partition coefficient (Wildman–Crippen LogP) is 0.242. The molecule has 2 aliphatic rings. The molecule has 0 radical (unpaired) electrons. The van der Waals surface area contributed by atoms with Crippen molar-refractivity contribution in [1.82, 2.24) is 15.5 Å². The number of amides is 2. The first kappa shape index (κ1) is 19.1. The Balaban J connectivity index is 1.69. The van der Waals surface area contributed by atoms with Crippen LogP contribution in [0.15, 0.2) is 24.3 Å². The summed E-state index contributed by atoms with van der Waals surface area (Å²) in [7, 11) is 0. The Bertz CT molecular complexity index is 625. The third-order valence-electron chi connectivity index (χ3n) is 5.11. The van der Waals surface area contributed by atoms with Gasteiger partial charge in [0.15, 0.2) is 0 Å². The first-order chi connectivity index (χ1) is 12.5. The Morgan fingerprint density at radius 1 is 1.31 bits per heavy atom. The van der Waals surface area contributed by atoms with E-state index in [0.29, 0.717) is 0 Å². The highest BCUT2D eigenvalue weighted by molar-refractivity contribution is 5.74. The molecule has 2 amide bonds. The molecule has 2 aliphatic heterocycles. The molecule has 4 N–H and O–H groups in total. The summed E-state index contributed by atoms with van der Waals surface area (Å²) in [4.78, 5) is 14.1. The lowest BCUT2D eigenvalue weighted by atomic mass is 9.95. The van der Waals surface area contributed by atoms with Gasteiger partial charge in [-0.1, -0.05) is 24.3 Å². The lowest BCUT2D eigenvalue weighted by molar-refractivity contribution is -0.0206. The molecule has 2 heterocycles. The van der Waals surface area contributed by atoms with Gasteiger partial charge in [0, 0.05) is 25.7 Å². The van der Waals surface area contributed by atoms with Gasteiger partial charge in [0.1, 0.15) is 12.2 Å². The molecule has 0 aromatic heterocycles.